The maximum Gasteiger partial charge on any atom is 0.303 e. The molecule has 0 spiro atoms. The summed E-state index contributed by atoms with van der Waals surface area (Å²) >= 11 is 0. The van der Waals surface area contributed by atoms with Crippen LogP contribution in [0.25, 0.3) is 0 Å². The summed E-state index contributed by atoms with van der Waals surface area (Å²) < 4.78 is 73.9. The Morgan fingerprint density at radius 3 is 1.26 bits per heavy atom. The first kappa shape index (κ1) is 45.2. The first-order valence-electron chi connectivity index (χ1n) is 17.6. The van der Waals surface area contributed by atoms with Crippen molar-refractivity contribution in [2.45, 2.75) is 122 Å². The van der Waals surface area contributed by atoms with Crippen molar-refractivity contribution in [1.29, 1.82) is 0 Å². The molecule has 3 aliphatic heterocycles. The summed E-state index contributed by atoms with van der Waals surface area (Å²) in [4.78, 5) is 96.4. The standard InChI is InChI=1S/C35H43NO22/c1-15(37)49-24-12-47-34(30(53-19(5)41)27(24)51-17(3)39)57-26-14-48-35(31(54-20(6)42)28(26)52-18(4)40)58-29-25(50-16(2)38)13-46-33(32(29)55-21(7)43)56-23-10-8-22(9-11-23)36(44)45/h8-11,24-35H,12-14H2,1-7H3/t24-,25-,26-,27+,28+,29+,30-,31-,32-,33+,34+,35+/m1/s1. The van der Waals surface area contributed by atoms with E-state index in [4.69, 9.17) is 61.6 Å². The number of carbonyl (C=O) groups is 7. The van der Waals surface area contributed by atoms with Crippen molar-refractivity contribution >= 4 is 47.5 Å². The summed E-state index contributed by atoms with van der Waals surface area (Å²) in [6, 6.07) is 4.84. The lowest BCUT2D eigenvalue weighted by atomic mass is 10.0. The highest BCUT2D eigenvalue weighted by Crippen LogP contribution is 2.34. The second kappa shape index (κ2) is 20.3. The van der Waals surface area contributed by atoms with Crippen LogP contribution in [-0.2, 0) is 90.4 Å². The van der Waals surface area contributed by atoms with Gasteiger partial charge < -0.3 is 61.6 Å². The topological polar surface area (TPSA) is 283 Å². The molecule has 3 heterocycles. The largest absolute Gasteiger partial charge is 0.461 e. The Hall–Kier alpha value is -5.49. The van der Waals surface area contributed by atoms with Crippen LogP contribution in [0, 0.1) is 10.1 Å². The number of hydrogen-bond donors (Lipinski definition) is 0. The predicted octanol–water partition coefficient (Wildman–Crippen LogP) is 0.335. The third-order valence-electron chi connectivity index (χ3n) is 8.19. The molecule has 320 valence electrons. The van der Waals surface area contributed by atoms with Crippen molar-refractivity contribution in [3.8, 4) is 5.75 Å². The number of ether oxygens (including phenoxy) is 13. The summed E-state index contributed by atoms with van der Waals surface area (Å²) in [7, 11) is 0. The van der Waals surface area contributed by atoms with Crippen molar-refractivity contribution in [1.82, 2.24) is 0 Å². The molecule has 3 aliphatic rings. The smallest absolute Gasteiger partial charge is 0.303 e. The Balaban J connectivity index is 1.68. The van der Waals surface area contributed by atoms with E-state index in [0.29, 0.717) is 0 Å². The zero-order valence-corrected chi connectivity index (χ0v) is 32.3. The number of hydrogen-bond acceptors (Lipinski definition) is 22. The fraction of sp³-hybridized carbons (Fsp3) is 0.629. The molecule has 3 saturated heterocycles. The molecule has 58 heavy (non-hydrogen) atoms. The van der Waals surface area contributed by atoms with Crippen LogP contribution in [-0.4, -0.2) is 140 Å². The lowest BCUT2D eigenvalue weighted by Crippen LogP contribution is -2.65. The van der Waals surface area contributed by atoms with Crippen LogP contribution in [0.2, 0.25) is 0 Å². The first-order chi connectivity index (χ1) is 27.3. The molecular formula is C35H43NO22. The van der Waals surface area contributed by atoms with Crippen molar-refractivity contribution in [2.24, 2.45) is 0 Å². The Morgan fingerprint density at radius 1 is 0.483 bits per heavy atom. The fourth-order valence-corrected chi connectivity index (χ4v) is 6.20. The molecule has 1 aromatic carbocycles. The average molecular weight is 830 g/mol. The van der Waals surface area contributed by atoms with Gasteiger partial charge >= 0.3 is 41.8 Å². The van der Waals surface area contributed by atoms with Gasteiger partial charge in [0.1, 0.15) is 18.0 Å². The van der Waals surface area contributed by atoms with E-state index in [1.54, 1.807) is 0 Å². The Labute approximate surface area is 329 Å². The molecule has 0 bridgehead atoms. The van der Waals surface area contributed by atoms with Gasteiger partial charge in [-0.2, -0.15) is 0 Å². The number of nitro benzene ring substituents is 1. The van der Waals surface area contributed by atoms with Crippen molar-refractivity contribution < 1.29 is 100 Å². The van der Waals surface area contributed by atoms with Crippen LogP contribution in [0.3, 0.4) is 0 Å². The normalized spacial score (nSPS) is 30.7. The second-order valence-corrected chi connectivity index (χ2v) is 12.9. The minimum Gasteiger partial charge on any atom is -0.461 e. The zero-order chi connectivity index (χ0) is 42.8. The van der Waals surface area contributed by atoms with Gasteiger partial charge in [0.15, 0.2) is 55.3 Å². The van der Waals surface area contributed by atoms with E-state index >= 15 is 0 Å². The Morgan fingerprint density at radius 2 is 0.828 bits per heavy atom. The van der Waals surface area contributed by atoms with E-state index < -0.39 is 140 Å². The van der Waals surface area contributed by atoms with Crippen LogP contribution in [0.1, 0.15) is 48.5 Å². The SMILES string of the molecule is CC(=O)O[C@@H]1[C@@H](OC(C)=O)[C@H](O[C@@H]2CO[C@@H](O[C@@H]3[C@@H](OC(C)=O)[C@H](Oc4ccc([N+](=O)[O-])cc4)OC[C@H]3OC(C)=O)[C@H](OC(C)=O)[C@H]2OC(C)=O)OC[C@H]1OC(C)=O. The molecule has 0 amide bonds. The van der Waals surface area contributed by atoms with Gasteiger partial charge in [-0.25, -0.2) is 0 Å². The lowest BCUT2D eigenvalue weighted by molar-refractivity contribution is -0.384. The van der Waals surface area contributed by atoms with Gasteiger partial charge in [0.05, 0.1) is 24.7 Å². The van der Waals surface area contributed by atoms with E-state index in [-0.39, 0.29) is 11.4 Å². The van der Waals surface area contributed by atoms with Crippen LogP contribution >= 0.6 is 0 Å². The number of benzene rings is 1. The van der Waals surface area contributed by atoms with Crippen LogP contribution < -0.4 is 4.74 Å². The second-order valence-electron chi connectivity index (χ2n) is 12.9. The van der Waals surface area contributed by atoms with E-state index in [2.05, 4.69) is 0 Å². The van der Waals surface area contributed by atoms with Crippen molar-refractivity contribution in [2.75, 3.05) is 19.8 Å². The van der Waals surface area contributed by atoms with E-state index in [9.17, 15) is 43.7 Å². The van der Waals surface area contributed by atoms with Gasteiger partial charge in [0.2, 0.25) is 6.29 Å². The van der Waals surface area contributed by atoms with Gasteiger partial charge in [0, 0.05) is 60.6 Å². The molecule has 0 saturated carbocycles. The maximum atomic E-state index is 12.6. The molecule has 0 radical (unpaired) electrons. The summed E-state index contributed by atoms with van der Waals surface area (Å²) in [5.41, 5.74) is -0.243. The van der Waals surface area contributed by atoms with Crippen LogP contribution in [0.4, 0.5) is 5.69 Å². The van der Waals surface area contributed by atoms with Gasteiger partial charge in [-0.05, 0) is 12.1 Å². The van der Waals surface area contributed by atoms with E-state index in [0.717, 1.165) is 60.6 Å². The number of esters is 7. The molecular weight excluding hydrogens is 786 g/mol. The predicted molar refractivity (Wildman–Crippen MR) is 182 cm³/mol. The third kappa shape index (κ3) is 12.5. The summed E-state index contributed by atoms with van der Waals surface area (Å²) in [6.45, 7) is 6.04. The fourth-order valence-electron chi connectivity index (χ4n) is 6.20. The first-order valence-corrected chi connectivity index (χ1v) is 17.6. The Bertz CT molecular complexity index is 1680. The number of carbonyl (C=O) groups excluding carboxylic acids is 7. The van der Waals surface area contributed by atoms with E-state index in [1.807, 2.05) is 0 Å². The number of rotatable bonds is 14. The van der Waals surface area contributed by atoms with Gasteiger partial charge in [-0.1, -0.05) is 0 Å². The highest BCUT2D eigenvalue weighted by Gasteiger charge is 2.55. The van der Waals surface area contributed by atoms with Gasteiger partial charge in [-0.15, -0.1) is 0 Å². The molecule has 0 N–H and O–H groups in total. The molecule has 0 unspecified atom stereocenters. The number of nitrogens with zero attached hydrogens (tertiary/aromatic N) is 1. The van der Waals surface area contributed by atoms with Gasteiger partial charge in [0.25, 0.3) is 5.69 Å². The zero-order valence-electron chi connectivity index (χ0n) is 32.3. The molecule has 3 fully saturated rings. The molecule has 4 rings (SSSR count). The summed E-state index contributed by atoms with van der Waals surface area (Å²) in [6.07, 6.45) is -18.1. The Kier molecular flexibility index (Phi) is 15.8. The van der Waals surface area contributed by atoms with Gasteiger partial charge in [-0.3, -0.25) is 43.7 Å². The molecule has 1 aromatic rings. The van der Waals surface area contributed by atoms with Crippen LogP contribution in [0.5, 0.6) is 5.75 Å². The quantitative estimate of drug-likeness (QED) is 0.106. The molecule has 23 nitrogen and oxygen atoms in total. The minimum absolute atomic E-state index is 0.0474. The molecule has 23 heteroatoms. The molecule has 0 aromatic heterocycles. The third-order valence-corrected chi connectivity index (χ3v) is 8.19. The minimum atomic E-state index is -1.70. The summed E-state index contributed by atoms with van der Waals surface area (Å²) in [5, 5.41) is 11.2. The number of non-ortho nitro benzene ring substituents is 1. The van der Waals surface area contributed by atoms with E-state index in [1.165, 1.54) is 12.1 Å². The maximum absolute atomic E-state index is 12.6. The number of nitro groups is 1. The average Bonchev–Trinajstić information content (AvgIpc) is 3.10. The monoisotopic (exact) mass is 829 g/mol. The van der Waals surface area contributed by atoms with Crippen LogP contribution in [0.15, 0.2) is 24.3 Å². The van der Waals surface area contributed by atoms with Crippen molar-refractivity contribution in [3.63, 3.8) is 0 Å². The lowest BCUT2D eigenvalue weighted by Gasteiger charge is -2.46. The molecule has 12 atom stereocenters. The van der Waals surface area contributed by atoms with Crippen molar-refractivity contribution in [3.05, 3.63) is 34.4 Å². The highest BCUT2D eigenvalue weighted by atomic mass is 16.8. The molecule has 0 aliphatic carbocycles. The highest BCUT2D eigenvalue weighted by molar-refractivity contribution is 5.69. The summed E-state index contributed by atoms with van der Waals surface area (Å²) in [5.74, 6) is -5.92.